The molecule has 26 heavy (non-hydrogen) atoms. The minimum absolute atomic E-state index is 0.0505. The van der Waals surface area contributed by atoms with Crippen molar-refractivity contribution in [2.24, 2.45) is 5.10 Å². The zero-order valence-corrected chi connectivity index (χ0v) is 16.0. The second kappa shape index (κ2) is 7.36. The molecule has 0 saturated carbocycles. The topological polar surface area (TPSA) is 87.1 Å². The first-order valence-electron chi connectivity index (χ1n) is 8.35. The van der Waals surface area contributed by atoms with Crippen molar-refractivity contribution < 1.29 is 18.0 Å². The van der Waals surface area contributed by atoms with Crippen LogP contribution < -0.4 is 0 Å². The summed E-state index contributed by atoms with van der Waals surface area (Å²) < 4.78 is 23.3. The number of hydrogen-bond donors (Lipinski definition) is 0. The third kappa shape index (κ3) is 4.24. The van der Waals surface area contributed by atoms with E-state index < -0.39 is 15.9 Å². The lowest BCUT2D eigenvalue weighted by molar-refractivity contribution is -0.134. The largest absolute Gasteiger partial charge is 0.336 e. The van der Waals surface area contributed by atoms with Gasteiger partial charge in [-0.3, -0.25) is 9.59 Å². The Morgan fingerprint density at radius 1 is 1.38 bits per heavy atom. The maximum absolute atomic E-state index is 12.7. The molecular formula is C17H20ClN3O4S. The van der Waals surface area contributed by atoms with Crippen molar-refractivity contribution in [3.05, 3.63) is 34.9 Å². The summed E-state index contributed by atoms with van der Waals surface area (Å²) in [6.07, 6.45) is 0.775. The molecule has 2 aliphatic rings. The van der Waals surface area contributed by atoms with E-state index in [1.807, 2.05) is 12.1 Å². The molecule has 7 nitrogen and oxygen atoms in total. The Labute approximate surface area is 157 Å². The molecule has 2 heterocycles. The molecule has 0 aromatic heterocycles. The number of rotatable bonds is 4. The van der Waals surface area contributed by atoms with E-state index in [0.717, 1.165) is 5.56 Å². The molecule has 1 aromatic rings. The van der Waals surface area contributed by atoms with Crippen LogP contribution in [-0.2, 0) is 26.0 Å². The van der Waals surface area contributed by atoms with Crippen LogP contribution in [0.5, 0.6) is 0 Å². The standard InChI is InChI=1S/C17H20ClN3O4S/c1-20(10-12-3-2-4-13(18)9-12)17(23)15-5-6-16(22)21(19-15)14-7-8-26(24,25)11-14/h2-4,9,14H,5-8,10-11H2,1H3/t14-/m0/s1. The number of benzene rings is 1. The van der Waals surface area contributed by atoms with Gasteiger partial charge in [-0.05, 0) is 24.1 Å². The van der Waals surface area contributed by atoms with Crippen molar-refractivity contribution in [1.29, 1.82) is 0 Å². The Balaban J connectivity index is 1.73. The van der Waals surface area contributed by atoms with Gasteiger partial charge in [0.1, 0.15) is 5.71 Å². The summed E-state index contributed by atoms with van der Waals surface area (Å²) in [6.45, 7) is 0.365. The van der Waals surface area contributed by atoms with Crippen molar-refractivity contribution in [3.8, 4) is 0 Å². The van der Waals surface area contributed by atoms with Gasteiger partial charge >= 0.3 is 0 Å². The summed E-state index contributed by atoms with van der Waals surface area (Å²) in [4.78, 5) is 26.3. The van der Waals surface area contributed by atoms with E-state index in [-0.39, 0.29) is 41.9 Å². The first-order valence-corrected chi connectivity index (χ1v) is 10.5. The number of hydrazone groups is 1. The molecule has 3 rings (SSSR count). The van der Waals surface area contributed by atoms with Crippen LogP contribution in [0.3, 0.4) is 0 Å². The zero-order chi connectivity index (χ0) is 18.9. The quantitative estimate of drug-likeness (QED) is 0.769. The lowest BCUT2D eigenvalue weighted by Crippen LogP contribution is -2.44. The van der Waals surface area contributed by atoms with Crippen molar-refractivity contribution >= 4 is 39.0 Å². The Kier molecular flexibility index (Phi) is 5.34. The highest BCUT2D eigenvalue weighted by molar-refractivity contribution is 7.91. The molecule has 0 unspecified atom stereocenters. The van der Waals surface area contributed by atoms with Crippen LogP contribution >= 0.6 is 11.6 Å². The van der Waals surface area contributed by atoms with Crippen molar-refractivity contribution in [2.45, 2.75) is 31.8 Å². The van der Waals surface area contributed by atoms with E-state index in [0.29, 0.717) is 18.0 Å². The van der Waals surface area contributed by atoms with Crippen LogP contribution in [0.1, 0.15) is 24.8 Å². The molecule has 1 atom stereocenters. The summed E-state index contributed by atoms with van der Waals surface area (Å²) in [6, 6.07) is 6.76. The molecule has 1 aromatic carbocycles. The van der Waals surface area contributed by atoms with E-state index >= 15 is 0 Å². The average molecular weight is 398 g/mol. The van der Waals surface area contributed by atoms with E-state index in [2.05, 4.69) is 5.10 Å². The van der Waals surface area contributed by atoms with Gasteiger partial charge in [-0.1, -0.05) is 23.7 Å². The van der Waals surface area contributed by atoms with Crippen LogP contribution in [0.25, 0.3) is 0 Å². The van der Waals surface area contributed by atoms with Gasteiger partial charge in [0.05, 0.1) is 17.5 Å². The molecule has 0 spiro atoms. The van der Waals surface area contributed by atoms with Crippen LogP contribution in [0.2, 0.25) is 5.02 Å². The molecule has 1 fully saturated rings. The lowest BCUT2D eigenvalue weighted by Gasteiger charge is -2.29. The first-order chi connectivity index (χ1) is 12.2. The number of hydrogen-bond acceptors (Lipinski definition) is 5. The molecule has 0 bridgehead atoms. The maximum atomic E-state index is 12.7. The van der Waals surface area contributed by atoms with Gasteiger partial charge in [-0.25, -0.2) is 13.4 Å². The number of carbonyl (C=O) groups is 2. The summed E-state index contributed by atoms with van der Waals surface area (Å²) in [7, 11) is -1.48. The van der Waals surface area contributed by atoms with Gasteiger partial charge in [-0.2, -0.15) is 5.10 Å². The molecule has 0 N–H and O–H groups in total. The fourth-order valence-electron chi connectivity index (χ4n) is 3.18. The fraction of sp³-hybridized carbons (Fsp3) is 0.471. The average Bonchev–Trinajstić information content (AvgIpc) is 2.94. The van der Waals surface area contributed by atoms with E-state index in [1.54, 1.807) is 19.2 Å². The Morgan fingerprint density at radius 3 is 2.81 bits per heavy atom. The molecule has 1 saturated heterocycles. The SMILES string of the molecule is CN(Cc1cccc(Cl)c1)C(=O)C1=NN([C@H]2CCS(=O)(=O)C2)C(=O)CC1. The zero-order valence-electron chi connectivity index (χ0n) is 14.4. The van der Waals surface area contributed by atoms with Crippen LogP contribution in [0.4, 0.5) is 0 Å². The fourth-order valence-corrected chi connectivity index (χ4v) is 5.09. The van der Waals surface area contributed by atoms with Gasteiger partial charge in [0, 0.05) is 31.5 Å². The van der Waals surface area contributed by atoms with E-state index in [9.17, 15) is 18.0 Å². The smallest absolute Gasteiger partial charge is 0.270 e. The predicted molar refractivity (Wildman–Crippen MR) is 98.5 cm³/mol. The van der Waals surface area contributed by atoms with E-state index in [1.165, 1.54) is 9.91 Å². The number of carbonyl (C=O) groups excluding carboxylic acids is 2. The molecule has 0 aliphatic carbocycles. The van der Waals surface area contributed by atoms with Crippen molar-refractivity contribution in [3.63, 3.8) is 0 Å². The van der Waals surface area contributed by atoms with Crippen LogP contribution in [-0.4, -0.2) is 60.4 Å². The summed E-state index contributed by atoms with van der Waals surface area (Å²) in [5.74, 6) is -0.554. The molecular weight excluding hydrogens is 378 g/mol. The second-order valence-electron chi connectivity index (χ2n) is 6.63. The van der Waals surface area contributed by atoms with Gasteiger partial charge in [0.15, 0.2) is 9.84 Å². The highest BCUT2D eigenvalue weighted by atomic mass is 35.5. The van der Waals surface area contributed by atoms with Gasteiger partial charge < -0.3 is 4.90 Å². The lowest BCUT2D eigenvalue weighted by atomic mass is 10.1. The molecule has 2 aliphatic heterocycles. The van der Waals surface area contributed by atoms with Crippen molar-refractivity contribution in [1.82, 2.24) is 9.91 Å². The number of sulfone groups is 1. The second-order valence-corrected chi connectivity index (χ2v) is 9.30. The monoisotopic (exact) mass is 397 g/mol. The highest BCUT2D eigenvalue weighted by Crippen LogP contribution is 2.22. The van der Waals surface area contributed by atoms with Gasteiger partial charge in [0.2, 0.25) is 5.91 Å². The molecule has 0 radical (unpaired) electrons. The third-order valence-electron chi connectivity index (χ3n) is 4.52. The number of amides is 2. The molecule has 9 heteroatoms. The summed E-state index contributed by atoms with van der Waals surface area (Å²) in [5, 5.41) is 6.01. The maximum Gasteiger partial charge on any atom is 0.270 e. The molecule has 140 valence electrons. The normalized spacial score (nSPS) is 22.2. The Hall–Kier alpha value is -1.93. The number of nitrogens with zero attached hydrogens (tertiary/aromatic N) is 3. The summed E-state index contributed by atoms with van der Waals surface area (Å²) >= 11 is 5.97. The van der Waals surface area contributed by atoms with Gasteiger partial charge in [-0.15, -0.1) is 0 Å². The van der Waals surface area contributed by atoms with E-state index in [4.69, 9.17) is 11.6 Å². The summed E-state index contributed by atoms with van der Waals surface area (Å²) in [5.41, 5.74) is 1.16. The molecule has 2 amide bonds. The highest BCUT2D eigenvalue weighted by Gasteiger charge is 2.37. The van der Waals surface area contributed by atoms with Crippen molar-refractivity contribution in [2.75, 3.05) is 18.6 Å². The minimum atomic E-state index is -3.14. The van der Waals surface area contributed by atoms with Gasteiger partial charge in [0.25, 0.3) is 5.91 Å². The third-order valence-corrected chi connectivity index (χ3v) is 6.50. The minimum Gasteiger partial charge on any atom is -0.336 e. The van der Waals surface area contributed by atoms with Crippen LogP contribution in [0, 0.1) is 0 Å². The van der Waals surface area contributed by atoms with Crippen LogP contribution in [0.15, 0.2) is 29.4 Å². The Morgan fingerprint density at radius 2 is 2.15 bits per heavy atom. The predicted octanol–water partition coefficient (Wildman–Crippen LogP) is 1.46. The Bertz CT molecular complexity index is 869. The first kappa shape index (κ1) is 18.8. The number of halogens is 1.